The SMILES string of the molecule is COC(=O)c1cc(OC)ccc1NC(=O)c1cc(Cl)ccc1OC. The summed E-state index contributed by atoms with van der Waals surface area (Å²) in [6.45, 7) is 0. The predicted octanol–water partition coefficient (Wildman–Crippen LogP) is 3.40. The number of anilines is 1. The van der Waals surface area contributed by atoms with Gasteiger partial charge in [0.05, 0.1) is 38.1 Å². The lowest BCUT2D eigenvalue weighted by atomic mass is 10.1. The van der Waals surface area contributed by atoms with Gasteiger partial charge in [0, 0.05) is 5.02 Å². The molecule has 2 aromatic carbocycles. The topological polar surface area (TPSA) is 73.9 Å². The molecule has 126 valence electrons. The van der Waals surface area contributed by atoms with E-state index in [0.717, 1.165) is 0 Å². The first-order valence-corrected chi connectivity index (χ1v) is 7.29. The van der Waals surface area contributed by atoms with Gasteiger partial charge in [-0.2, -0.15) is 0 Å². The molecule has 0 atom stereocenters. The fourth-order valence-corrected chi connectivity index (χ4v) is 2.26. The molecular formula is C17H16ClNO5. The summed E-state index contributed by atoms with van der Waals surface area (Å²) in [5.74, 6) is -0.231. The van der Waals surface area contributed by atoms with Gasteiger partial charge in [0.2, 0.25) is 0 Å². The molecule has 0 saturated heterocycles. The first kappa shape index (κ1) is 17.6. The van der Waals surface area contributed by atoms with Crippen LogP contribution in [-0.4, -0.2) is 33.2 Å². The zero-order valence-electron chi connectivity index (χ0n) is 13.4. The molecule has 0 aliphatic heterocycles. The summed E-state index contributed by atoms with van der Waals surface area (Å²) in [5, 5.41) is 3.05. The number of hydrogen-bond acceptors (Lipinski definition) is 5. The molecule has 0 radical (unpaired) electrons. The van der Waals surface area contributed by atoms with Crippen molar-refractivity contribution in [1.82, 2.24) is 0 Å². The van der Waals surface area contributed by atoms with Crippen LogP contribution in [0.4, 0.5) is 5.69 Å². The number of benzene rings is 2. The molecule has 0 bridgehead atoms. The Balaban J connectivity index is 2.39. The van der Waals surface area contributed by atoms with Crippen molar-refractivity contribution in [3.8, 4) is 11.5 Å². The smallest absolute Gasteiger partial charge is 0.340 e. The Morgan fingerprint density at radius 2 is 1.71 bits per heavy atom. The van der Waals surface area contributed by atoms with Crippen LogP contribution in [0.2, 0.25) is 5.02 Å². The van der Waals surface area contributed by atoms with Gasteiger partial charge >= 0.3 is 5.97 Å². The number of methoxy groups -OCH3 is 3. The number of amides is 1. The summed E-state index contributed by atoms with van der Waals surface area (Å²) < 4.78 is 15.0. The van der Waals surface area contributed by atoms with Gasteiger partial charge in [0.15, 0.2) is 0 Å². The number of hydrogen-bond donors (Lipinski definition) is 1. The van der Waals surface area contributed by atoms with Crippen molar-refractivity contribution in [3.05, 3.63) is 52.5 Å². The minimum Gasteiger partial charge on any atom is -0.497 e. The summed E-state index contributed by atoms with van der Waals surface area (Å²) in [4.78, 5) is 24.5. The highest BCUT2D eigenvalue weighted by atomic mass is 35.5. The van der Waals surface area contributed by atoms with Crippen LogP contribution in [0.1, 0.15) is 20.7 Å². The maximum Gasteiger partial charge on any atom is 0.340 e. The molecule has 0 aliphatic rings. The summed E-state index contributed by atoms with van der Waals surface area (Å²) in [7, 11) is 4.19. The summed E-state index contributed by atoms with van der Waals surface area (Å²) >= 11 is 5.94. The number of nitrogens with one attached hydrogen (secondary N) is 1. The number of carbonyl (C=O) groups excluding carboxylic acids is 2. The van der Waals surface area contributed by atoms with Crippen molar-refractivity contribution in [2.45, 2.75) is 0 Å². The van der Waals surface area contributed by atoms with Crippen molar-refractivity contribution in [2.75, 3.05) is 26.6 Å². The van der Waals surface area contributed by atoms with Crippen LogP contribution in [0.15, 0.2) is 36.4 Å². The fraction of sp³-hybridized carbons (Fsp3) is 0.176. The molecule has 7 heteroatoms. The van der Waals surface area contributed by atoms with Crippen LogP contribution in [-0.2, 0) is 4.74 Å². The van der Waals surface area contributed by atoms with Gasteiger partial charge in [-0.1, -0.05) is 11.6 Å². The normalized spacial score (nSPS) is 10.0. The van der Waals surface area contributed by atoms with E-state index in [9.17, 15) is 9.59 Å². The lowest BCUT2D eigenvalue weighted by Gasteiger charge is -2.13. The van der Waals surface area contributed by atoms with Crippen LogP contribution in [0, 0.1) is 0 Å². The Hall–Kier alpha value is -2.73. The van der Waals surface area contributed by atoms with E-state index in [2.05, 4.69) is 5.32 Å². The minimum atomic E-state index is -0.595. The summed E-state index contributed by atoms with van der Waals surface area (Å²) in [6, 6.07) is 9.35. The molecule has 24 heavy (non-hydrogen) atoms. The molecule has 0 aromatic heterocycles. The average Bonchev–Trinajstić information content (AvgIpc) is 2.61. The van der Waals surface area contributed by atoms with Gasteiger partial charge < -0.3 is 19.5 Å². The van der Waals surface area contributed by atoms with Crippen LogP contribution < -0.4 is 14.8 Å². The lowest BCUT2D eigenvalue weighted by Crippen LogP contribution is -2.16. The quantitative estimate of drug-likeness (QED) is 0.837. The van der Waals surface area contributed by atoms with Gasteiger partial charge in [0.1, 0.15) is 11.5 Å². The first-order chi connectivity index (χ1) is 11.5. The van der Waals surface area contributed by atoms with E-state index in [-0.39, 0.29) is 16.8 Å². The third-order valence-electron chi connectivity index (χ3n) is 3.29. The molecule has 0 aliphatic carbocycles. The van der Waals surface area contributed by atoms with Crippen molar-refractivity contribution in [1.29, 1.82) is 0 Å². The van der Waals surface area contributed by atoms with Gasteiger partial charge in [-0.05, 0) is 36.4 Å². The number of halogens is 1. The van der Waals surface area contributed by atoms with Crippen molar-refractivity contribution >= 4 is 29.2 Å². The van der Waals surface area contributed by atoms with E-state index < -0.39 is 11.9 Å². The molecule has 2 rings (SSSR count). The number of ether oxygens (including phenoxy) is 3. The lowest BCUT2D eigenvalue weighted by molar-refractivity contribution is 0.0601. The van der Waals surface area contributed by atoms with Crippen LogP contribution >= 0.6 is 11.6 Å². The Bertz CT molecular complexity index is 776. The van der Waals surface area contributed by atoms with E-state index in [1.54, 1.807) is 24.3 Å². The maximum absolute atomic E-state index is 12.5. The molecule has 0 heterocycles. The van der Waals surface area contributed by atoms with Crippen LogP contribution in [0.25, 0.3) is 0 Å². The largest absolute Gasteiger partial charge is 0.497 e. The van der Waals surface area contributed by atoms with E-state index in [1.165, 1.54) is 33.5 Å². The second-order valence-electron chi connectivity index (χ2n) is 4.70. The van der Waals surface area contributed by atoms with Gasteiger partial charge in [0.25, 0.3) is 5.91 Å². The zero-order chi connectivity index (χ0) is 17.7. The highest BCUT2D eigenvalue weighted by molar-refractivity contribution is 6.31. The van der Waals surface area contributed by atoms with E-state index in [4.69, 9.17) is 25.8 Å². The van der Waals surface area contributed by atoms with Crippen LogP contribution in [0.5, 0.6) is 11.5 Å². The van der Waals surface area contributed by atoms with Crippen LogP contribution in [0.3, 0.4) is 0 Å². The molecular weight excluding hydrogens is 334 g/mol. The fourth-order valence-electron chi connectivity index (χ4n) is 2.09. The minimum absolute atomic E-state index is 0.172. The Morgan fingerprint density at radius 3 is 2.33 bits per heavy atom. The summed E-state index contributed by atoms with van der Waals surface area (Å²) in [5.41, 5.74) is 0.706. The van der Waals surface area contributed by atoms with Crippen molar-refractivity contribution in [3.63, 3.8) is 0 Å². The molecule has 0 saturated carbocycles. The van der Waals surface area contributed by atoms with E-state index in [1.807, 2.05) is 0 Å². The molecule has 6 nitrogen and oxygen atoms in total. The third kappa shape index (κ3) is 3.78. The van der Waals surface area contributed by atoms with E-state index in [0.29, 0.717) is 16.5 Å². The average molecular weight is 350 g/mol. The highest BCUT2D eigenvalue weighted by Crippen LogP contribution is 2.26. The van der Waals surface area contributed by atoms with Gasteiger partial charge in [-0.15, -0.1) is 0 Å². The highest BCUT2D eigenvalue weighted by Gasteiger charge is 2.18. The monoisotopic (exact) mass is 349 g/mol. The van der Waals surface area contributed by atoms with E-state index >= 15 is 0 Å². The predicted molar refractivity (Wildman–Crippen MR) is 90.3 cm³/mol. The maximum atomic E-state index is 12.5. The number of carbonyl (C=O) groups is 2. The molecule has 0 fully saturated rings. The molecule has 2 aromatic rings. The number of rotatable bonds is 5. The first-order valence-electron chi connectivity index (χ1n) is 6.91. The van der Waals surface area contributed by atoms with Crippen molar-refractivity contribution in [2.24, 2.45) is 0 Å². The molecule has 0 unspecified atom stereocenters. The second-order valence-corrected chi connectivity index (χ2v) is 5.14. The zero-order valence-corrected chi connectivity index (χ0v) is 14.1. The third-order valence-corrected chi connectivity index (χ3v) is 3.52. The Morgan fingerprint density at radius 1 is 0.958 bits per heavy atom. The molecule has 0 spiro atoms. The van der Waals surface area contributed by atoms with Gasteiger partial charge in [-0.25, -0.2) is 4.79 Å². The van der Waals surface area contributed by atoms with Gasteiger partial charge in [-0.3, -0.25) is 4.79 Å². The second kappa shape index (κ2) is 7.70. The standard InChI is InChI=1S/C17H16ClNO5/c1-22-11-5-6-14(12(9-11)17(21)24-3)19-16(20)13-8-10(18)4-7-15(13)23-2/h4-9H,1-3H3,(H,19,20). The Kier molecular flexibility index (Phi) is 5.65. The summed E-state index contributed by atoms with van der Waals surface area (Å²) in [6.07, 6.45) is 0. The number of esters is 1. The Labute approximate surface area is 144 Å². The van der Waals surface area contributed by atoms with Crippen molar-refractivity contribution < 1.29 is 23.8 Å². The molecule has 1 amide bonds. The molecule has 1 N–H and O–H groups in total.